The highest BCUT2D eigenvalue weighted by atomic mass is 32.2. The highest BCUT2D eigenvalue weighted by Crippen LogP contribution is 2.22. The van der Waals surface area contributed by atoms with E-state index in [1.54, 1.807) is 30.3 Å². The first kappa shape index (κ1) is 17.0. The highest BCUT2D eigenvalue weighted by Gasteiger charge is 2.19. The van der Waals surface area contributed by atoms with Gasteiger partial charge in [-0.25, -0.2) is 4.98 Å². The molecule has 1 aromatic heterocycles. The normalized spacial score (nSPS) is 11.7. The fraction of sp³-hybridized carbons (Fsp3) is 0.250. The first-order valence-corrected chi connectivity index (χ1v) is 7.91. The number of carbonyl (C=O) groups is 1. The molecule has 0 aliphatic heterocycles. The van der Waals surface area contributed by atoms with Gasteiger partial charge in [-0.05, 0) is 24.6 Å². The van der Waals surface area contributed by atoms with Crippen molar-refractivity contribution in [2.75, 3.05) is 7.05 Å². The lowest BCUT2D eigenvalue weighted by Crippen LogP contribution is -2.32. The minimum Gasteiger partial charge on any atom is -0.340 e. The molecule has 0 aliphatic carbocycles. The number of pyridine rings is 1. The predicted octanol–water partition coefficient (Wildman–Crippen LogP) is 3.13. The van der Waals surface area contributed by atoms with E-state index in [2.05, 4.69) is 4.98 Å². The average molecular weight is 331 g/mol. The van der Waals surface area contributed by atoms with Crippen LogP contribution in [0, 0.1) is 10.1 Å². The molecule has 1 unspecified atom stereocenters. The van der Waals surface area contributed by atoms with Crippen LogP contribution in [0.25, 0.3) is 0 Å². The number of hydrogen-bond donors (Lipinski definition) is 0. The van der Waals surface area contributed by atoms with Gasteiger partial charge in [0.1, 0.15) is 0 Å². The van der Waals surface area contributed by atoms with Crippen molar-refractivity contribution in [3.63, 3.8) is 0 Å². The second-order valence-electron chi connectivity index (χ2n) is 5.05. The Morgan fingerprint density at radius 1 is 1.30 bits per heavy atom. The molecule has 0 spiro atoms. The number of aromatic nitrogens is 1. The molecular weight excluding hydrogens is 314 g/mol. The van der Waals surface area contributed by atoms with E-state index >= 15 is 0 Å². The van der Waals surface area contributed by atoms with Crippen molar-refractivity contribution < 1.29 is 9.72 Å². The highest BCUT2D eigenvalue weighted by molar-refractivity contribution is 8.00. The summed E-state index contributed by atoms with van der Waals surface area (Å²) in [6.07, 6.45) is 1.69. The average Bonchev–Trinajstić information content (AvgIpc) is 2.55. The lowest BCUT2D eigenvalue weighted by atomic mass is 10.2. The summed E-state index contributed by atoms with van der Waals surface area (Å²) in [6.45, 7) is 2.25. The molecular formula is C16H17N3O3S. The number of thioether (sulfide) groups is 1. The van der Waals surface area contributed by atoms with Crippen molar-refractivity contribution in [2.45, 2.75) is 23.7 Å². The molecule has 0 N–H and O–H groups in total. The van der Waals surface area contributed by atoms with Crippen LogP contribution >= 0.6 is 11.8 Å². The molecule has 0 aliphatic rings. The fourth-order valence-electron chi connectivity index (χ4n) is 2.03. The Kier molecular flexibility index (Phi) is 5.70. The van der Waals surface area contributed by atoms with E-state index < -0.39 is 4.92 Å². The topological polar surface area (TPSA) is 76.3 Å². The number of nitro benzene ring substituents is 1. The van der Waals surface area contributed by atoms with E-state index in [1.807, 2.05) is 25.1 Å². The predicted molar refractivity (Wildman–Crippen MR) is 89.1 cm³/mol. The second kappa shape index (κ2) is 7.73. The first-order chi connectivity index (χ1) is 11.0. The maximum atomic E-state index is 12.4. The van der Waals surface area contributed by atoms with Crippen molar-refractivity contribution in [3.05, 3.63) is 64.3 Å². The van der Waals surface area contributed by atoms with E-state index in [-0.39, 0.29) is 16.8 Å². The van der Waals surface area contributed by atoms with Crippen molar-refractivity contribution in [1.82, 2.24) is 9.88 Å². The minimum atomic E-state index is -0.440. The van der Waals surface area contributed by atoms with Crippen molar-refractivity contribution in [1.29, 1.82) is 0 Å². The Hall–Kier alpha value is -2.41. The molecule has 120 valence electrons. The summed E-state index contributed by atoms with van der Waals surface area (Å²) in [4.78, 5) is 28.4. The van der Waals surface area contributed by atoms with Gasteiger partial charge in [0, 0.05) is 31.9 Å². The third-order valence-electron chi connectivity index (χ3n) is 3.23. The molecule has 6 nitrogen and oxygen atoms in total. The molecule has 0 radical (unpaired) electrons. The lowest BCUT2D eigenvalue weighted by Gasteiger charge is -2.21. The van der Waals surface area contributed by atoms with Gasteiger partial charge in [-0.1, -0.05) is 30.0 Å². The number of nitro groups is 1. The Bertz CT molecular complexity index is 677. The number of carbonyl (C=O) groups excluding carboxylic acids is 1. The third kappa shape index (κ3) is 4.79. The van der Waals surface area contributed by atoms with Crippen LogP contribution in [0.15, 0.2) is 53.7 Å². The van der Waals surface area contributed by atoms with Gasteiger partial charge in [0.25, 0.3) is 5.69 Å². The maximum absolute atomic E-state index is 12.4. The van der Waals surface area contributed by atoms with Gasteiger partial charge < -0.3 is 4.90 Å². The summed E-state index contributed by atoms with van der Waals surface area (Å²) in [5.41, 5.74) is 0.892. The monoisotopic (exact) mass is 331 g/mol. The number of non-ortho nitro benzene ring substituents is 1. The third-order valence-corrected chi connectivity index (χ3v) is 4.26. The molecule has 1 heterocycles. The van der Waals surface area contributed by atoms with Crippen LogP contribution in [0.3, 0.4) is 0 Å². The SMILES string of the molecule is CC(Sc1ccccn1)C(=O)N(C)Cc1ccc([N+](=O)[O-])cc1. The zero-order valence-electron chi connectivity index (χ0n) is 12.9. The summed E-state index contributed by atoms with van der Waals surface area (Å²) < 4.78 is 0. The first-order valence-electron chi connectivity index (χ1n) is 7.03. The lowest BCUT2D eigenvalue weighted by molar-refractivity contribution is -0.384. The summed E-state index contributed by atoms with van der Waals surface area (Å²) >= 11 is 1.41. The number of nitrogens with zero attached hydrogens (tertiary/aromatic N) is 3. The molecule has 1 amide bonds. The molecule has 1 aromatic carbocycles. The molecule has 7 heteroatoms. The molecule has 2 aromatic rings. The summed E-state index contributed by atoms with van der Waals surface area (Å²) in [5, 5.41) is 11.2. The quantitative estimate of drug-likeness (QED) is 0.462. The van der Waals surface area contributed by atoms with E-state index in [0.29, 0.717) is 6.54 Å². The second-order valence-corrected chi connectivity index (χ2v) is 6.41. The number of benzene rings is 1. The van der Waals surface area contributed by atoms with Crippen molar-refractivity contribution in [3.8, 4) is 0 Å². The van der Waals surface area contributed by atoms with Gasteiger partial charge in [0.2, 0.25) is 5.91 Å². The van der Waals surface area contributed by atoms with E-state index in [9.17, 15) is 14.9 Å². The van der Waals surface area contributed by atoms with E-state index in [1.165, 1.54) is 23.9 Å². The van der Waals surface area contributed by atoms with Crippen molar-refractivity contribution >= 4 is 23.4 Å². The van der Waals surface area contributed by atoms with Crippen LogP contribution in [-0.2, 0) is 11.3 Å². The number of hydrogen-bond acceptors (Lipinski definition) is 5. The molecule has 1 atom stereocenters. The molecule has 23 heavy (non-hydrogen) atoms. The molecule has 0 saturated carbocycles. The van der Waals surface area contributed by atoms with Crippen LogP contribution in [0.5, 0.6) is 0 Å². The van der Waals surface area contributed by atoms with Gasteiger partial charge in [0.15, 0.2) is 0 Å². The minimum absolute atomic E-state index is 0.0148. The standard InChI is InChI=1S/C16H17N3O3S/c1-12(23-15-5-3-4-10-17-15)16(20)18(2)11-13-6-8-14(9-7-13)19(21)22/h3-10,12H,11H2,1-2H3. The fourth-order valence-corrected chi connectivity index (χ4v) is 2.96. The number of amides is 1. The molecule has 0 fully saturated rings. The summed E-state index contributed by atoms with van der Waals surface area (Å²) in [6, 6.07) is 11.8. The largest absolute Gasteiger partial charge is 0.340 e. The Morgan fingerprint density at radius 3 is 2.57 bits per heavy atom. The zero-order chi connectivity index (χ0) is 16.8. The molecule has 0 saturated heterocycles. The number of rotatable bonds is 6. The summed E-state index contributed by atoms with van der Waals surface area (Å²) in [5.74, 6) is -0.0148. The van der Waals surface area contributed by atoms with E-state index in [4.69, 9.17) is 0 Å². The summed E-state index contributed by atoms with van der Waals surface area (Å²) in [7, 11) is 1.72. The van der Waals surface area contributed by atoms with Crippen LogP contribution in [-0.4, -0.2) is 33.0 Å². The van der Waals surface area contributed by atoms with Gasteiger partial charge >= 0.3 is 0 Å². The van der Waals surface area contributed by atoms with Gasteiger partial charge in [-0.3, -0.25) is 14.9 Å². The van der Waals surface area contributed by atoms with E-state index in [0.717, 1.165) is 10.6 Å². The van der Waals surface area contributed by atoms with Crippen LogP contribution < -0.4 is 0 Å². The smallest absolute Gasteiger partial charge is 0.269 e. The molecule has 0 bridgehead atoms. The Morgan fingerprint density at radius 2 is 2.00 bits per heavy atom. The zero-order valence-corrected chi connectivity index (χ0v) is 13.7. The Labute approximate surface area is 138 Å². The molecule has 2 rings (SSSR count). The van der Waals surface area contributed by atoms with Gasteiger partial charge in [-0.2, -0.15) is 0 Å². The van der Waals surface area contributed by atoms with Gasteiger partial charge in [0.05, 0.1) is 15.2 Å². The maximum Gasteiger partial charge on any atom is 0.269 e. The van der Waals surface area contributed by atoms with Crippen LogP contribution in [0.4, 0.5) is 5.69 Å². The van der Waals surface area contributed by atoms with Crippen molar-refractivity contribution in [2.24, 2.45) is 0 Å². The Balaban J connectivity index is 1.95. The van der Waals surface area contributed by atoms with Crippen LogP contribution in [0.1, 0.15) is 12.5 Å². The van der Waals surface area contributed by atoms with Crippen LogP contribution in [0.2, 0.25) is 0 Å². The van der Waals surface area contributed by atoms with Gasteiger partial charge in [-0.15, -0.1) is 0 Å².